The molecule has 0 radical (unpaired) electrons. The second-order valence-corrected chi connectivity index (χ2v) is 4.19. The topological polar surface area (TPSA) is 70.2 Å². The van der Waals surface area contributed by atoms with Crippen molar-refractivity contribution in [1.82, 2.24) is 16.0 Å². The molecule has 1 atom stereocenters. The zero-order valence-corrected chi connectivity index (χ0v) is 10.1. The summed E-state index contributed by atoms with van der Waals surface area (Å²) in [6.07, 6.45) is 7.60. The van der Waals surface area contributed by atoms with Crippen LogP contribution >= 0.6 is 0 Å². The zero-order chi connectivity index (χ0) is 12.7. The Labute approximate surface area is 102 Å². The summed E-state index contributed by atoms with van der Waals surface area (Å²) in [6.45, 7) is 2.46. The van der Waals surface area contributed by atoms with E-state index in [-0.39, 0.29) is 24.4 Å². The lowest BCUT2D eigenvalue weighted by atomic mass is 10.3. The molecule has 0 aromatic heterocycles. The van der Waals surface area contributed by atoms with E-state index < -0.39 is 0 Å². The first-order chi connectivity index (χ1) is 8.13. The molecule has 0 saturated heterocycles. The van der Waals surface area contributed by atoms with Crippen LogP contribution in [0, 0.1) is 12.3 Å². The molecule has 3 N–H and O–H groups in total. The summed E-state index contributed by atoms with van der Waals surface area (Å²) in [7, 11) is 0. The molecule has 1 saturated carbocycles. The minimum absolute atomic E-state index is 0.0382. The van der Waals surface area contributed by atoms with Gasteiger partial charge < -0.3 is 16.0 Å². The number of carbonyl (C=O) groups is 2. The predicted octanol–water partition coefficient (Wildman–Crippen LogP) is -0.617. The van der Waals surface area contributed by atoms with E-state index in [1.54, 1.807) is 6.92 Å². The quantitative estimate of drug-likeness (QED) is 0.517. The third kappa shape index (κ3) is 5.93. The van der Waals surface area contributed by atoms with Crippen LogP contribution in [-0.4, -0.2) is 37.0 Å². The van der Waals surface area contributed by atoms with Gasteiger partial charge in [0.2, 0.25) is 11.8 Å². The Bertz CT molecular complexity index is 318. The Morgan fingerprint density at radius 3 is 2.76 bits per heavy atom. The Morgan fingerprint density at radius 2 is 2.18 bits per heavy atom. The van der Waals surface area contributed by atoms with E-state index in [4.69, 9.17) is 6.42 Å². The second kappa shape index (κ2) is 6.92. The fourth-order valence-corrected chi connectivity index (χ4v) is 1.31. The molecule has 1 aliphatic carbocycles. The van der Waals surface area contributed by atoms with E-state index >= 15 is 0 Å². The van der Waals surface area contributed by atoms with Gasteiger partial charge in [-0.15, -0.1) is 6.42 Å². The summed E-state index contributed by atoms with van der Waals surface area (Å²) in [5.41, 5.74) is 0. The molecule has 1 rings (SSSR count). The van der Waals surface area contributed by atoms with E-state index in [1.165, 1.54) is 0 Å². The number of hydrogen-bond donors (Lipinski definition) is 3. The lowest BCUT2D eigenvalue weighted by Crippen LogP contribution is -2.43. The number of rotatable bonds is 7. The van der Waals surface area contributed by atoms with Gasteiger partial charge in [0, 0.05) is 19.0 Å². The molecular formula is C12H19N3O2. The van der Waals surface area contributed by atoms with Crippen LogP contribution in [0.2, 0.25) is 0 Å². The highest BCUT2D eigenvalue weighted by molar-refractivity contribution is 5.81. The summed E-state index contributed by atoms with van der Waals surface area (Å²) >= 11 is 0. The minimum atomic E-state index is -0.336. The number of terminal acetylenes is 1. The van der Waals surface area contributed by atoms with Crippen molar-refractivity contribution in [3.63, 3.8) is 0 Å². The average Bonchev–Trinajstić information content (AvgIpc) is 3.09. The van der Waals surface area contributed by atoms with Gasteiger partial charge in [-0.05, 0) is 19.8 Å². The smallest absolute Gasteiger partial charge is 0.237 e. The van der Waals surface area contributed by atoms with Crippen LogP contribution in [-0.2, 0) is 9.59 Å². The van der Waals surface area contributed by atoms with Gasteiger partial charge in [0.25, 0.3) is 0 Å². The van der Waals surface area contributed by atoms with Crippen molar-refractivity contribution in [3.05, 3.63) is 0 Å². The number of carbonyl (C=O) groups excluding carboxylic acids is 2. The Kier molecular flexibility index (Phi) is 5.50. The van der Waals surface area contributed by atoms with Gasteiger partial charge in [-0.25, -0.2) is 0 Å². The summed E-state index contributed by atoms with van der Waals surface area (Å²) in [5.74, 6) is 2.22. The molecule has 0 spiro atoms. The van der Waals surface area contributed by atoms with Crippen molar-refractivity contribution >= 4 is 11.8 Å². The standard InChI is InChI=1S/C12H19N3O2/c1-3-7-14-12(17)9(2)13-8-6-11(16)15-10-4-5-10/h1,9-10,13H,4-8H2,2H3,(H,14,17)(H,15,16). The molecule has 5 heteroatoms. The number of nitrogens with one attached hydrogen (secondary N) is 3. The predicted molar refractivity (Wildman–Crippen MR) is 65.1 cm³/mol. The minimum Gasteiger partial charge on any atom is -0.353 e. The van der Waals surface area contributed by atoms with Crippen molar-refractivity contribution in [3.8, 4) is 12.3 Å². The molecule has 94 valence electrons. The highest BCUT2D eigenvalue weighted by Crippen LogP contribution is 2.18. The van der Waals surface area contributed by atoms with Crippen LogP contribution in [0.4, 0.5) is 0 Å². The van der Waals surface area contributed by atoms with Crippen molar-refractivity contribution in [2.24, 2.45) is 0 Å². The van der Waals surface area contributed by atoms with Crippen LogP contribution in [0.3, 0.4) is 0 Å². The van der Waals surface area contributed by atoms with Crippen molar-refractivity contribution in [1.29, 1.82) is 0 Å². The molecule has 0 aromatic rings. The normalized spacial score (nSPS) is 15.8. The third-order valence-electron chi connectivity index (χ3n) is 2.50. The molecule has 5 nitrogen and oxygen atoms in total. The summed E-state index contributed by atoms with van der Waals surface area (Å²) < 4.78 is 0. The maximum absolute atomic E-state index is 11.4. The fourth-order valence-electron chi connectivity index (χ4n) is 1.31. The number of hydrogen-bond acceptors (Lipinski definition) is 3. The van der Waals surface area contributed by atoms with Crippen LogP contribution in [0.1, 0.15) is 26.2 Å². The molecular weight excluding hydrogens is 218 g/mol. The fraction of sp³-hybridized carbons (Fsp3) is 0.667. The van der Waals surface area contributed by atoms with Gasteiger partial charge in [-0.2, -0.15) is 0 Å². The molecule has 1 unspecified atom stereocenters. The molecule has 0 heterocycles. The molecule has 0 aromatic carbocycles. The molecule has 1 fully saturated rings. The Balaban J connectivity index is 2.06. The second-order valence-electron chi connectivity index (χ2n) is 4.19. The number of amides is 2. The van der Waals surface area contributed by atoms with Crippen LogP contribution in [0.5, 0.6) is 0 Å². The van der Waals surface area contributed by atoms with Gasteiger partial charge in [0.1, 0.15) is 0 Å². The first kappa shape index (κ1) is 13.5. The molecule has 17 heavy (non-hydrogen) atoms. The van der Waals surface area contributed by atoms with Gasteiger partial charge in [0.15, 0.2) is 0 Å². The van der Waals surface area contributed by atoms with Crippen LogP contribution in [0.15, 0.2) is 0 Å². The molecule has 0 aliphatic heterocycles. The van der Waals surface area contributed by atoms with Crippen molar-refractivity contribution < 1.29 is 9.59 Å². The average molecular weight is 237 g/mol. The third-order valence-corrected chi connectivity index (χ3v) is 2.50. The Hall–Kier alpha value is -1.54. The van der Waals surface area contributed by atoms with E-state index in [0.717, 1.165) is 12.8 Å². The summed E-state index contributed by atoms with van der Waals surface area (Å²) in [6, 6.07) is 0.0518. The first-order valence-corrected chi connectivity index (χ1v) is 5.87. The molecule has 2 amide bonds. The van der Waals surface area contributed by atoms with E-state index in [9.17, 15) is 9.59 Å². The highest BCUT2D eigenvalue weighted by atomic mass is 16.2. The van der Waals surface area contributed by atoms with E-state index in [0.29, 0.717) is 19.0 Å². The largest absolute Gasteiger partial charge is 0.353 e. The van der Waals surface area contributed by atoms with Gasteiger partial charge in [-0.3, -0.25) is 9.59 Å². The Morgan fingerprint density at radius 1 is 1.47 bits per heavy atom. The van der Waals surface area contributed by atoms with E-state index in [2.05, 4.69) is 21.9 Å². The van der Waals surface area contributed by atoms with Crippen LogP contribution < -0.4 is 16.0 Å². The van der Waals surface area contributed by atoms with E-state index in [1.807, 2.05) is 0 Å². The SMILES string of the molecule is C#CCNC(=O)C(C)NCCC(=O)NC1CC1. The molecule has 0 bridgehead atoms. The lowest BCUT2D eigenvalue weighted by Gasteiger charge is -2.12. The van der Waals surface area contributed by atoms with Gasteiger partial charge in [0.05, 0.1) is 12.6 Å². The maximum atomic E-state index is 11.4. The zero-order valence-electron chi connectivity index (χ0n) is 10.1. The van der Waals surface area contributed by atoms with Crippen molar-refractivity contribution in [2.75, 3.05) is 13.1 Å². The maximum Gasteiger partial charge on any atom is 0.237 e. The van der Waals surface area contributed by atoms with Gasteiger partial charge in [-0.1, -0.05) is 5.92 Å². The summed E-state index contributed by atoms with van der Waals surface area (Å²) in [4.78, 5) is 22.7. The molecule has 1 aliphatic rings. The lowest BCUT2D eigenvalue weighted by molar-refractivity contribution is -0.123. The first-order valence-electron chi connectivity index (χ1n) is 5.87. The van der Waals surface area contributed by atoms with Crippen molar-refractivity contribution in [2.45, 2.75) is 38.3 Å². The van der Waals surface area contributed by atoms with Crippen LogP contribution in [0.25, 0.3) is 0 Å². The monoisotopic (exact) mass is 237 g/mol. The summed E-state index contributed by atoms with van der Waals surface area (Å²) in [5, 5.41) is 8.43. The highest BCUT2D eigenvalue weighted by Gasteiger charge is 2.22. The van der Waals surface area contributed by atoms with Gasteiger partial charge >= 0.3 is 0 Å².